The van der Waals surface area contributed by atoms with Gasteiger partial charge in [0.25, 0.3) is 5.91 Å². The molecule has 0 fully saturated rings. The Morgan fingerprint density at radius 3 is 1.97 bits per heavy atom. The second-order valence-electron chi connectivity index (χ2n) is 6.27. The van der Waals surface area contributed by atoms with Crippen molar-refractivity contribution in [1.82, 2.24) is 9.97 Å². The fraction of sp³-hybridized carbons (Fsp3) is 0.172. The Kier molecular flexibility index (Phi) is 12.8. The number of anilines is 1. The van der Waals surface area contributed by atoms with Crippen molar-refractivity contribution in [3.63, 3.8) is 0 Å². The molecular weight excluding hydrogens is 422 g/mol. The number of benzene rings is 3. The Morgan fingerprint density at radius 1 is 0.824 bits per heavy atom. The van der Waals surface area contributed by atoms with Gasteiger partial charge in [0.05, 0.1) is 19.0 Å². The first-order valence-corrected chi connectivity index (χ1v) is 11.4. The van der Waals surface area contributed by atoms with Crippen molar-refractivity contribution >= 4 is 11.6 Å². The Hall–Kier alpha value is -4.12. The predicted octanol–water partition coefficient (Wildman–Crippen LogP) is 7.86. The lowest BCUT2D eigenvalue weighted by Gasteiger charge is -2.07. The molecule has 0 spiro atoms. The SMILES string of the molecule is C=C.CC.CC.COc1ccc(C(=O)Nc2ccc(-c3cnc(-c4ccccc4)[nH]3)cc2)cc1. The van der Waals surface area contributed by atoms with Gasteiger partial charge in [-0.3, -0.25) is 4.79 Å². The summed E-state index contributed by atoms with van der Waals surface area (Å²) >= 11 is 0. The Morgan fingerprint density at radius 2 is 1.41 bits per heavy atom. The molecule has 34 heavy (non-hydrogen) atoms. The second-order valence-corrected chi connectivity index (χ2v) is 6.27. The first-order valence-electron chi connectivity index (χ1n) is 11.4. The summed E-state index contributed by atoms with van der Waals surface area (Å²) in [7, 11) is 1.60. The average Bonchev–Trinajstić information content (AvgIpc) is 3.43. The van der Waals surface area contributed by atoms with Crippen LogP contribution in [0, 0.1) is 0 Å². The van der Waals surface area contributed by atoms with Crippen LogP contribution in [0.25, 0.3) is 22.6 Å². The molecule has 4 rings (SSSR count). The number of amides is 1. The quantitative estimate of drug-likeness (QED) is 0.300. The second kappa shape index (κ2) is 15.6. The number of hydrogen-bond acceptors (Lipinski definition) is 3. The van der Waals surface area contributed by atoms with Gasteiger partial charge < -0.3 is 15.0 Å². The van der Waals surface area contributed by atoms with E-state index in [9.17, 15) is 4.79 Å². The van der Waals surface area contributed by atoms with Crippen LogP contribution < -0.4 is 10.1 Å². The molecule has 3 aromatic carbocycles. The number of aromatic amines is 1. The number of imidazole rings is 1. The summed E-state index contributed by atoms with van der Waals surface area (Å²) in [4.78, 5) is 20.1. The first-order chi connectivity index (χ1) is 16.7. The molecule has 178 valence electrons. The Labute approximate surface area is 203 Å². The molecule has 0 aliphatic rings. The molecule has 5 heteroatoms. The minimum absolute atomic E-state index is 0.164. The number of aromatic nitrogens is 2. The van der Waals surface area contributed by atoms with Gasteiger partial charge >= 0.3 is 0 Å². The van der Waals surface area contributed by atoms with Gasteiger partial charge in [0, 0.05) is 16.8 Å². The van der Waals surface area contributed by atoms with Crippen LogP contribution in [-0.4, -0.2) is 23.0 Å². The lowest BCUT2D eigenvalue weighted by atomic mass is 10.1. The average molecular weight is 458 g/mol. The van der Waals surface area contributed by atoms with Crippen LogP contribution in [0.3, 0.4) is 0 Å². The zero-order chi connectivity index (χ0) is 25.3. The lowest BCUT2D eigenvalue weighted by Crippen LogP contribution is -2.11. The Balaban J connectivity index is 0.000000894. The summed E-state index contributed by atoms with van der Waals surface area (Å²) in [5, 5.41) is 2.90. The van der Waals surface area contributed by atoms with Crippen molar-refractivity contribution in [2.24, 2.45) is 0 Å². The summed E-state index contributed by atoms with van der Waals surface area (Å²) in [5.41, 5.74) is 4.26. The lowest BCUT2D eigenvalue weighted by molar-refractivity contribution is 0.102. The smallest absolute Gasteiger partial charge is 0.255 e. The van der Waals surface area contributed by atoms with Crippen LogP contribution in [-0.2, 0) is 0 Å². The molecule has 2 N–H and O–H groups in total. The first kappa shape index (κ1) is 27.9. The molecule has 0 aliphatic heterocycles. The normalized spacial score (nSPS) is 9.09. The maximum absolute atomic E-state index is 12.4. The van der Waals surface area contributed by atoms with Gasteiger partial charge in [0.1, 0.15) is 11.6 Å². The number of ether oxygens (including phenoxy) is 1. The van der Waals surface area contributed by atoms with Crippen molar-refractivity contribution in [3.8, 4) is 28.4 Å². The maximum atomic E-state index is 12.4. The highest BCUT2D eigenvalue weighted by Crippen LogP contribution is 2.23. The van der Waals surface area contributed by atoms with Gasteiger partial charge in [-0.25, -0.2) is 4.98 Å². The number of carbonyl (C=O) groups is 1. The number of rotatable bonds is 5. The van der Waals surface area contributed by atoms with E-state index >= 15 is 0 Å². The molecule has 0 unspecified atom stereocenters. The van der Waals surface area contributed by atoms with Crippen LogP contribution >= 0.6 is 0 Å². The number of methoxy groups -OCH3 is 1. The number of nitrogens with zero attached hydrogens (tertiary/aromatic N) is 1. The van der Waals surface area contributed by atoms with E-state index < -0.39 is 0 Å². The van der Waals surface area contributed by atoms with Gasteiger partial charge in [-0.05, 0) is 42.0 Å². The predicted molar refractivity (Wildman–Crippen MR) is 144 cm³/mol. The molecule has 0 saturated carbocycles. The minimum Gasteiger partial charge on any atom is -0.497 e. The third-order valence-electron chi connectivity index (χ3n) is 4.43. The van der Waals surface area contributed by atoms with E-state index in [0.29, 0.717) is 5.56 Å². The highest BCUT2D eigenvalue weighted by Gasteiger charge is 2.08. The molecule has 4 aromatic rings. The topological polar surface area (TPSA) is 67.0 Å². The zero-order valence-electron chi connectivity index (χ0n) is 20.8. The van der Waals surface area contributed by atoms with Gasteiger partial charge in [-0.15, -0.1) is 13.2 Å². The van der Waals surface area contributed by atoms with Gasteiger partial charge in [-0.2, -0.15) is 0 Å². The number of H-pyrrole nitrogens is 1. The van der Waals surface area contributed by atoms with Crippen molar-refractivity contribution in [1.29, 1.82) is 0 Å². The molecule has 1 amide bonds. The molecule has 5 nitrogen and oxygen atoms in total. The molecule has 1 aromatic heterocycles. The maximum Gasteiger partial charge on any atom is 0.255 e. The van der Waals surface area contributed by atoms with Crippen molar-refractivity contribution in [3.05, 3.63) is 104 Å². The molecular formula is C29H35N3O2. The molecule has 0 aliphatic carbocycles. The zero-order valence-corrected chi connectivity index (χ0v) is 20.8. The standard InChI is InChI=1S/C23H19N3O2.2C2H6.C2H4/c1-28-20-13-9-18(10-14-20)23(27)25-19-11-7-16(8-12-19)21-15-24-22(26-21)17-5-3-2-4-6-17;3*1-2/h2-15H,1H3,(H,24,26)(H,25,27);2*1-2H3;1-2H2. The fourth-order valence-corrected chi connectivity index (χ4v) is 2.89. The summed E-state index contributed by atoms with van der Waals surface area (Å²) < 4.78 is 5.11. The molecule has 0 saturated heterocycles. The van der Waals surface area contributed by atoms with Crippen LogP contribution in [0.4, 0.5) is 5.69 Å². The highest BCUT2D eigenvalue weighted by atomic mass is 16.5. The van der Waals surface area contributed by atoms with E-state index in [2.05, 4.69) is 28.4 Å². The largest absolute Gasteiger partial charge is 0.497 e. The third-order valence-corrected chi connectivity index (χ3v) is 4.43. The van der Waals surface area contributed by atoms with E-state index in [0.717, 1.165) is 34.1 Å². The summed E-state index contributed by atoms with van der Waals surface area (Å²) in [6.07, 6.45) is 1.81. The van der Waals surface area contributed by atoms with Crippen LogP contribution in [0.2, 0.25) is 0 Å². The third kappa shape index (κ3) is 7.78. The fourth-order valence-electron chi connectivity index (χ4n) is 2.89. The van der Waals surface area contributed by atoms with Gasteiger partial charge in [0.15, 0.2) is 0 Å². The van der Waals surface area contributed by atoms with Gasteiger partial charge in [0.2, 0.25) is 0 Å². The summed E-state index contributed by atoms with van der Waals surface area (Å²) in [6.45, 7) is 14.0. The number of nitrogens with one attached hydrogen (secondary N) is 2. The van der Waals surface area contributed by atoms with Crippen molar-refractivity contribution < 1.29 is 9.53 Å². The summed E-state index contributed by atoms with van der Waals surface area (Å²) in [6, 6.07) is 24.6. The van der Waals surface area contributed by atoms with Crippen LogP contribution in [0.15, 0.2) is 98.2 Å². The van der Waals surface area contributed by atoms with E-state index in [4.69, 9.17) is 4.74 Å². The van der Waals surface area contributed by atoms with Gasteiger partial charge in [-0.1, -0.05) is 70.2 Å². The molecule has 0 radical (unpaired) electrons. The van der Waals surface area contributed by atoms with Crippen LogP contribution in [0.5, 0.6) is 5.75 Å². The molecule has 0 atom stereocenters. The molecule has 0 bridgehead atoms. The highest BCUT2D eigenvalue weighted by molar-refractivity contribution is 6.04. The monoisotopic (exact) mass is 457 g/mol. The minimum atomic E-state index is -0.164. The van der Waals surface area contributed by atoms with Crippen molar-refractivity contribution in [2.75, 3.05) is 12.4 Å². The number of hydrogen-bond donors (Lipinski definition) is 2. The van der Waals surface area contributed by atoms with E-state index in [-0.39, 0.29) is 5.91 Å². The van der Waals surface area contributed by atoms with E-state index in [1.54, 1.807) is 31.4 Å². The molecule has 1 heterocycles. The van der Waals surface area contributed by atoms with Crippen molar-refractivity contribution in [2.45, 2.75) is 27.7 Å². The summed E-state index contributed by atoms with van der Waals surface area (Å²) in [5.74, 6) is 1.38. The van der Waals surface area contributed by atoms with Crippen LogP contribution in [0.1, 0.15) is 38.1 Å². The number of carbonyl (C=O) groups excluding carboxylic acids is 1. The van der Waals surface area contributed by atoms with E-state index in [1.165, 1.54) is 0 Å². The Bertz CT molecular complexity index is 1090. The van der Waals surface area contributed by atoms with E-state index in [1.807, 2.05) is 88.5 Å².